The maximum atomic E-state index is 3.46. The van der Waals surface area contributed by atoms with Crippen LogP contribution in [0.4, 0.5) is 0 Å². The van der Waals surface area contributed by atoms with Crippen LogP contribution in [0.5, 0.6) is 0 Å². The molecule has 1 heterocycles. The van der Waals surface area contributed by atoms with Crippen LogP contribution in [-0.4, -0.2) is 17.5 Å². The van der Waals surface area contributed by atoms with Crippen LogP contribution in [0.3, 0.4) is 0 Å². The minimum atomic E-state index is 0.867. The molecule has 62 valence electrons. The van der Waals surface area contributed by atoms with E-state index >= 15 is 0 Å². The van der Waals surface area contributed by atoms with Crippen molar-refractivity contribution in [2.75, 3.05) is 6.54 Å². The van der Waals surface area contributed by atoms with E-state index in [-0.39, 0.29) is 0 Å². The van der Waals surface area contributed by atoms with Crippen LogP contribution in [0.15, 0.2) is 0 Å². The van der Waals surface area contributed by atoms with Crippen LogP contribution in [0.1, 0.15) is 44.9 Å². The van der Waals surface area contributed by atoms with Gasteiger partial charge in [0.05, 0.1) is 6.54 Å². The summed E-state index contributed by atoms with van der Waals surface area (Å²) < 4.78 is 0. The summed E-state index contributed by atoms with van der Waals surface area (Å²) in [5, 5.41) is 0. The van der Waals surface area contributed by atoms with E-state index in [1.165, 1.54) is 51.5 Å². The average Bonchev–Trinajstić information content (AvgIpc) is 2.58. The monoisotopic (exact) mass is 151 g/mol. The van der Waals surface area contributed by atoms with Gasteiger partial charge in [-0.2, -0.15) is 0 Å². The molecule has 2 rings (SSSR count). The van der Waals surface area contributed by atoms with Crippen molar-refractivity contribution in [3.63, 3.8) is 0 Å². The van der Waals surface area contributed by atoms with Gasteiger partial charge in [-0.1, -0.05) is 19.3 Å². The van der Waals surface area contributed by atoms with Crippen molar-refractivity contribution in [2.24, 2.45) is 0 Å². The van der Waals surface area contributed by atoms with Crippen LogP contribution >= 0.6 is 0 Å². The molecule has 11 heavy (non-hydrogen) atoms. The number of hydrogen-bond donors (Lipinski definition) is 0. The molecule has 0 aromatic carbocycles. The molecule has 0 aromatic heterocycles. The zero-order valence-electron chi connectivity index (χ0n) is 7.18. The van der Waals surface area contributed by atoms with Crippen molar-refractivity contribution in [2.45, 2.75) is 51.0 Å². The zero-order chi connectivity index (χ0) is 7.52. The molecule has 1 saturated carbocycles. The van der Waals surface area contributed by atoms with Crippen molar-refractivity contribution < 1.29 is 0 Å². The van der Waals surface area contributed by atoms with Gasteiger partial charge in [-0.25, -0.2) is 0 Å². The van der Waals surface area contributed by atoms with Crippen molar-refractivity contribution in [3.8, 4) is 0 Å². The summed E-state index contributed by atoms with van der Waals surface area (Å²) in [7, 11) is 0. The molecule has 2 fully saturated rings. The fourth-order valence-corrected chi connectivity index (χ4v) is 2.26. The van der Waals surface area contributed by atoms with Gasteiger partial charge >= 0.3 is 0 Å². The van der Waals surface area contributed by atoms with Gasteiger partial charge in [-0.15, -0.1) is 0 Å². The van der Waals surface area contributed by atoms with E-state index in [0.29, 0.717) is 0 Å². The highest BCUT2D eigenvalue weighted by Gasteiger charge is 2.23. The fourth-order valence-electron chi connectivity index (χ4n) is 2.26. The Bertz CT molecular complexity index is 110. The van der Waals surface area contributed by atoms with Crippen molar-refractivity contribution >= 4 is 0 Å². The number of rotatable bonds is 1. The normalized spacial score (nSPS) is 29.5. The molecule has 0 bridgehead atoms. The molecule has 1 saturated heterocycles. The van der Waals surface area contributed by atoms with Crippen LogP contribution in [0, 0.1) is 6.54 Å². The molecule has 0 amide bonds. The highest BCUT2D eigenvalue weighted by molar-refractivity contribution is 4.85. The number of hydrogen-bond acceptors (Lipinski definition) is 1. The lowest BCUT2D eigenvalue weighted by molar-refractivity contribution is 0.219. The third kappa shape index (κ3) is 1.76. The van der Waals surface area contributed by atoms with E-state index in [4.69, 9.17) is 0 Å². The first-order chi connectivity index (χ1) is 5.47. The maximum Gasteiger partial charge on any atom is 0.0618 e. The SMILES string of the molecule is [C]1CCCN1C1CCCCC1. The smallest absolute Gasteiger partial charge is 0.0618 e. The van der Waals surface area contributed by atoms with E-state index in [1.807, 2.05) is 0 Å². The molecule has 1 aliphatic heterocycles. The van der Waals surface area contributed by atoms with Gasteiger partial charge in [0.15, 0.2) is 0 Å². The lowest BCUT2D eigenvalue weighted by atomic mass is 9.94. The summed E-state index contributed by atoms with van der Waals surface area (Å²) in [5.41, 5.74) is 0. The highest BCUT2D eigenvalue weighted by Crippen LogP contribution is 2.26. The van der Waals surface area contributed by atoms with E-state index in [2.05, 4.69) is 11.4 Å². The van der Waals surface area contributed by atoms with E-state index in [9.17, 15) is 0 Å². The average molecular weight is 151 g/mol. The van der Waals surface area contributed by atoms with Gasteiger partial charge in [0.25, 0.3) is 0 Å². The zero-order valence-corrected chi connectivity index (χ0v) is 7.18. The molecule has 0 unspecified atom stereocenters. The van der Waals surface area contributed by atoms with Gasteiger partial charge in [0.1, 0.15) is 0 Å². The Balaban J connectivity index is 1.82. The summed E-state index contributed by atoms with van der Waals surface area (Å²) in [5.74, 6) is 0. The molecular formula is C10H17N. The lowest BCUT2D eigenvalue weighted by Crippen LogP contribution is -2.31. The molecule has 0 aromatic rings. The van der Waals surface area contributed by atoms with Gasteiger partial charge < -0.3 is 0 Å². The molecule has 1 heteroatoms. The topological polar surface area (TPSA) is 3.24 Å². The third-order valence-corrected chi connectivity index (χ3v) is 2.91. The van der Waals surface area contributed by atoms with Crippen LogP contribution in [-0.2, 0) is 0 Å². The summed E-state index contributed by atoms with van der Waals surface area (Å²) in [6.07, 6.45) is 9.75. The molecular weight excluding hydrogens is 134 g/mol. The van der Waals surface area contributed by atoms with Crippen molar-refractivity contribution in [3.05, 3.63) is 6.54 Å². The Morgan fingerprint density at radius 2 is 1.82 bits per heavy atom. The van der Waals surface area contributed by atoms with Gasteiger partial charge in [0, 0.05) is 6.04 Å². The predicted octanol–water partition coefficient (Wildman–Crippen LogP) is 2.45. The predicted molar refractivity (Wildman–Crippen MR) is 46.1 cm³/mol. The Labute approximate surface area is 69.8 Å². The second-order valence-corrected chi connectivity index (χ2v) is 3.75. The molecule has 1 nitrogen and oxygen atoms in total. The number of likely N-dealkylation sites (tertiary alicyclic amines) is 1. The Hall–Kier alpha value is -0.0400. The Morgan fingerprint density at radius 1 is 1.00 bits per heavy atom. The summed E-state index contributed by atoms with van der Waals surface area (Å²) >= 11 is 0. The van der Waals surface area contributed by atoms with Crippen LogP contribution in [0.2, 0.25) is 0 Å². The lowest BCUT2D eigenvalue weighted by Gasteiger charge is -2.29. The van der Waals surface area contributed by atoms with E-state index < -0.39 is 0 Å². The van der Waals surface area contributed by atoms with Crippen molar-refractivity contribution in [1.29, 1.82) is 0 Å². The molecule has 0 spiro atoms. The molecule has 0 N–H and O–H groups in total. The molecule has 2 aliphatic rings. The minimum absolute atomic E-state index is 0.867. The summed E-state index contributed by atoms with van der Waals surface area (Å²) in [6.45, 7) is 4.74. The van der Waals surface area contributed by atoms with Gasteiger partial charge in [-0.05, 0) is 32.2 Å². The maximum absolute atomic E-state index is 3.46. The summed E-state index contributed by atoms with van der Waals surface area (Å²) in [4.78, 5) is 2.47. The number of nitrogens with zero attached hydrogens (tertiary/aromatic N) is 1. The highest BCUT2D eigenvalue weighted by atomic mass is 15.2. The van der Waals surface area contributed by atoms with E-state index in [0.717, 1.165) is 6.04 Å². The summed E-state index contributed by atoms with van der Waals surface area (Å²) in [6, 6.07) is 0.867. The largest absolute Gasteiger partial charge is 0.291 e. The minimum Gasteiger partial charge on any atom is -0.291 e. The first-order valence-electron chi connectivity index (χ1n) is 4.97. The van der Waals surface area contributed by atoms with Crippen LogP contribution in [0.25, 0.3) is 0 Å². The molecule has 0 atom stereocenters. The molecule has 2 radical (unpaired) electrons. The Morgan fingerprint density at radius 3 is 2.45 bits per heavy atom. The third-order valence-electron chi connectivity index (χ3n) is 2.91. The first kappa shape index (κ1) is 7.60. The second-order valence-electron chi connectivity index (χ2n) is 3.75. The van der Waals surface area contributed by atoms with Gasteiger partial charge in [-0.3, -0.25) is 4.90 Å². The fraction of sp³-hybridized carbons (Fsp3) is 0.900. The second kappa shape index (κ2) is 3.57. The Kier molecular flexibility index (Phi) is 2.47. The standard InChI is InChI=1S/C10H17N/c1-2-6-10(7-3-1)11-8-4-5-9-11/h10H,1-8H2. The molecule has 1 aliphatic carbocycles. The van der Waals surface area contributed by atoms with Crippen LogP contribution < -0.4 is 0 Å². The quantitative estimate of drug-likeness (QED) is 0.556. The van der Waals surface area contributed by atoms with Gasteiger partial charge in [0.2, 0.25) is 0 Å². The van der Waals surface area contributed by atoms with E-state index in [1.54, 1.807) is 0 Å². The first-order valence-corrected chi connectivity index (χ1v) is 4.97. The van der Waals surface area contributed by atoms with Crippen molar-refractivity contribution in [1.82, 2.24) is 4.90 Å².